The van der Waals surface area contributed by atoms with Crippen LogP contribution in [0.1, 0.15) is 28.9 Å². The van der Waals surface area contributed by atoms with Gasteiger partial charge in [0.1, 0.15) is 11.5 Å². The van der Waals surface area contributed by atoms with Gasteiger partial charge in [0.25, 0.3) is 0 Å². The minimum atomic E-state index is 0.369. The second-order valence-electron chi connectivity index (χ2n) is 6.90. The summed E-state index contributed by atoms with van der Waals surface area (Å²) in [5.74, 6) is 0.987. The number of aldehydes is 1. The molecule has 0 bridgehead atoms. The van der Waals surface area contributed by atoms with Crippen LogP contribution < -0.4 is 4.90 Å². The van der Waals surface area contributed by atoms with Gasteiger partial charge in [0.05, 0.1) is 6.20 Å². The highest BCUT2D eigenvalue weighted by molar-refractivity contribution is 5.71. The maximum atomic E-state index is 10.7. The van der Waals surface area contributed by atoms with Crippen molar-refractivity contribution in [3.8, 4) is 0 Å². The average Bonchev–Trinajstić information content (AvgIpc) is 3.23. The second-order valence-corrected chi connectivity index (χ2v) is 6.90. The van der Waals surface area contributed by atoms with E-state index in [9.17, 15) is 4.79 Å². The van der Waals surface area contributed by atoms with Crippen LogP contribution in [-0.2, 0) is 6.54 Å². The Morgan fingerprint density at radius 2 is 2.00 bits per heavy atom. The third-order valence-corrected chi connectivity index (χ3v) is 5.20. The van der Waals surface area contributed by atoms with Gasteiger partial charge in [-0.25, -0.2) is 4.98 Å². The minimum Gasteiger partial charge on any atom is -0.355 e. The topological polar surface area (TPSA) is 62.2 Å². The fraction of sp³-hybridized carbons (Fsp3) is 0.444. The van der Waals surface area contributed by atoms with Gasteiger partial charge in [-0.1, -0.05) is 6.07 Å². The Morgan fingerprint density at radius 3 is 2.75 bits per heavy atom. The Morgan fingerprint density at radius 1 is 1.08 bits per heavy atom. The van der Waals surface area contributed by atoms with Crippen molar-refractivity contribution in [1.29, 1.82) is 0 Å². The molecule has 0 N–H and O–H groups in total. The van der Waals surface area contributed by atoms with Gasteiger partial charge in [-0.15, -0.1) is 0 Å². The van der Waals surface area contributed by atoms with E-state index >= 15 is 0 Å². The Bertz CT molecular complexity index is 705. The molecule has 0 saturated carbocycles. The first kappa shape index (κ1) is 15.2. The normalized spacial score (nSPS) is 23.9. The van der Waals surface area contributed by atoms with E-state index in [1.165, 1.54) is 18.4 Å². The van der Waals surface area contributed by atoms with Crippen molar-refractivity contribution in [3.05, 3.63) is 48.2 Å². The van der Waals surface area contributed by atoms with Gasteiger partial charge < -0.3 is 4.90 Å². The van der Waals surface area contributed by atoms with Crippen LogP contribution in [0.15, 0.2) is 36.9 Å². The van der Waals surface area contributed by atoms with Crippen LogP contribution in [0.4, 0.5) is 5.82 Å². The summed E-state index contributed by atoms with van der Waals surface area (Å²) in [6.45, 7) is 5.24. The van der Waals surface area contributed by atoms with Gasteiger partial charge in [-0.05, 0) is 31.0 Å². The van der Waals surface area contributed by atoms with Crippen molar-refractivity contribution < 1.29 is 4.79 Å². The first-order valence-electron chi connectivity index (χ1n) is 8.40. The summed E-state index contributed by atoms with van der Waals surface area (Å²) in [6, 6.07) is 3.79. The fourth-order valence-corrected chi connectivity index (χ4v) is 3.94. The summed E-state index contributed by atoms with van der Waals surface area (Å²) in [5.41, 5.74) is 2.03. The molecule has 0 radical (unpaired) electrons. The first-order valence-corrected chi connectivity index (χ1v) is 8.40. The van der Waals surface area contributed by atoms with E-state index in [2.05, 4.69) is 24.8 Å². The van der Waals surface area contributed by atoms with Crippen LogP contribution in [-0.4, -0.2) is 52.3 Å². The van der Waals surface area contributed by atoms with Crippen molar-refractivity contribution in [3.63, 3.8) is 0 Å². The second kappa shape index (κ2) is 6.28. The standard InChI is InChI=1S/C18H21N5O/c24-12-16-2-1-15(9-21-16)11-22-7-3-18(13-22)4-8-23(14-18)17-10-19-5-6-20-17/h1-2,5-6,9-10,12H,3-4,7-8,11,13-14H2. The number of likely N-dealkylation sites (tertiary alicyclic amines) is 1. The summed E-state index contributed by atoms with van der Waals surface area (Å²) in [7, 11) is 0. The fourth-order valence-electron chi connectivity index (χ4n) is 3.94. The van der Waals surface area contributed by atoms with Gasteiger partial charge in [-0.3, -0.25) is 19.7 Å². The Kier molecular flexibility index (Phi) is 3.98. The molecule has 24 heavy (non-hydrogen) atoms. The van der Waals surface area contributed by atoms with Crippen LogP contribution in [0, 0.1) is 5.41 Å². The number of anilines is 1. The Labute approximate surface area is 141 Å². The van der Waals surface area contributed by atoms with Gasteiger partial charge in [0.15, 0.2) is 6.29 Å². The maximum absolute atomic E-state index is 10.7. The van der Waals surface area contributed by atoms with Crippen molar-refractivity contribution in [2.24, 2.45) is 5.41 Å². The highest BCUT2D eigenvalue weighted by Gasteiger charge is 2.43. The molecule has 0 aliphatic carbocycles. The molecule has 2 aliphatic heterocycles. The van der Waals surface area contributed by atoms with Gasteiger partial charge >= 0.3 is 0 Å². The van der Waals surface area contributed by atoms with Crippen molar-refractivity contribution >= 4 is 12.1 Å². The first-order chi connectivity index (χ1) is 11.8. The lowest BCUT2D eigenvalue weighted by atomic mass is 9.86. The van der Waals surface area contributed by atoms with E-state index in [0.29, 0.717) is 11.1 Å². The molecular formula is C18H21N5O. The summed E-state index contributed by atoms with van der Waals surface area (Å²) >= 11 is 0. The third-order valence-electron chi connectivity index (χ3n) is 5.20. The van der Waals surface area contributed by atoms with E-state index in [0.717, 1.165) is 44.8 Å². The van der Waals surface area contributed by atoms with Crippen LogP contribution in [0.3, 0.4) is 0 Å². The maximum Gasteiger partial charge on any atom is 0.168 e. The van der Waals surface area contributed by atoms with E-state index in [1.807, 2.05) is 18.5 Å². The van der Waals surface area contributed by atoms with Gasteiger partial charge in [0.2, 0.25) is 0 Å². The number of pyridine rings is 1. The molecule has 2 aromatic rings. The van der Waals surface area contributed by atoms with Gasteiger partial charge in [-0.2, -0.15) is 0 Å². The minimum absolute atomic E-state index is 0.369. The molecule has 2 aliphatic rings. The van der Waals surface area contributed by atoms with E-state index in [4.69, 9.17) is 0 Å². The third kappa shape index (κ3) is 3.01. The number of rotatable bonds is 4. The number of carbonyl (C=O) groups excluding carboxylic acids is 1. The molecule has 1 atom stereocenters. The molecule has 0 aromatic carbocycles. The quantitative estimate of drug-likeness (QED) is 0.800. The molecule has 4 heterocycles. The zero-order valence-corrected chi connectivity index (χ0v) is 13.6. The molecule has 6 heteroatoms. The molecule has 1 unspecified atom stereocenters. The van der Waals surface area contributed by atoms with Crippen LogP contribution >= 0.6 is 0 Å². The SMILES string of the molecule is O=Cc1ccc(CN2CCC3(CCN(c4cnccn4)C3)C2)cn1. The monoisotopic (exact) mass is 323 g/mol. The predicted octanol–water partition coefficient (Wildman–Crippen LogP) is 1.79. The van der Waals surface area contributed by atoms with E-state index in [-0.39, 0.29) is 0 Å². The molecule has 124 valence electrons. The molecule has 0 amide bonds. The van der Waals surface area contributed by atoms with Crippen molar-refractivity contribution in [2.45, 2.75) is 19.4 Å². The smallest absolute Gasteiger partial charge is 0.168 e. The number of hydrogen-bond donors (Lipinski definition) is 0. The Balaban J connectivity index is 1.38. The lowest BCUT2D eigenvalue weighted by Gasteiger charge is -2.25. The molecular weight excluding hydrogens is 302 g/mol. The zero-order valence-electron chi connectivity index (χ0n) is 13.6. The van der Waals surface area contributed by atoms with Crippen molar-refractivity contribution in [1.82, 2.24) is 19.9 Å². The summed E-state index contributed by atoms with van der Waals surface area (Å²) in [6.07, 6.45) is 10.4. The highest BCUT2D eigenvalue weighted by Crippen LogP contribution is 2.40. The molecule has 4 rings (SSSR count). The zero-order chi connectivity index (χ0) is 16.4. The van der Waals surface area contributed by atoms with Crippen LogP contribution in [0.2, 0.25) is 0 Å². The van der Waals surface area contributed by atoms with E-state index < -0.39 is 0 Å². The summed E-state index contributed by atoms with van der Waals surface area (Å²) < 4.78 is 0. The lowest BCUT2D eigenvalue weighted by Crippen LogP contribution is -2.31. The van der Waals surface area contributed by atoms with Crippen LogP contribution in [0.5, 0.6) is 0 Å². The molecule has 2 aromatic heterocycles. The predicted molar refractivity (Wildman–Crippen MR) is 90.8 cm³/mol. The van der Waals surface area contributed by atoms with Crippen LogP contribution in [0.25, 0.3) is 0 Å². The lowest BCUT2D eigenvalue weighted by molar-refractivity contribution is 0.111. The average molecular weight is 323 g/mol. The molecule has 1 spiro atoms. The summed E-state index contributed by atoms with van der Waals surface area (Å²) in [4.78, 5) is 28.3. The summed E-state index contributed by atoms with van der Waals surface area (Å²) in [5, 5.41) is 0. The number of nitrogens with zero attached hydrogens (tertiary/aromatic N) is 5. The molecule has 2 fully saturated rings. The molecule has 6 nitrogen and oxygen atoms in total. The van der Waals surface area contributed by atoms with Crippen molar-refractivity contribution in [2.75, 3.05) is 31.1 Å². The number of aromatic nitrogens is 3. The Hall–Kier alpha value is -2.34. The molecule has 2 saturated heterocycles. The number of carbonyl (C=O) groups is 1. The number of hydrogen-bond acceptors (Lipinski definition) is 6. The highest BCUT2D eigenvalue weighted by atomic mass is 16.1. The van der Waals surface area contributed by atoms with Gasteiger partial charge in [0, 0.05) is 50.2 Å². The largest absolute Gasteiger partial charge is 0.355 e. The van der Waals surface area contributed by atoms with E-state index in [1.54, 1.807) is 18.5 Å².